The van der Waals surface area contributed by atoms with Crippen LogP contribution in [0.2, 0.25) is 0 Å². The normalized spacial score (nSPS) is 24.6. The second-order valence-corrected chi connectivity index (χ2v) is 18.0. The molecule has 2 amide bonds. The molecule has 0 radical (unpaired) electrons. The number of ether oxygens (including phenoxy) is 1. The molecule has 1 aliphatic carbocycles. The molecule has 54 heavy (non-hydrogen) atoms. The summed E-state index contributed by atoms with van der Waals surface area (Å²) in [5.74, 6) is -0.395. The van der Waals surface area contributed by atoms with E-state index < -0.39 is 32.4 Å². The predicted octanol–water partition coefficient (Wildman–Crippen LogP) is 3.74. The number of carboxylic acid groups (broad SMARTS) is 1. The first-order valence-electron chi connectivity index (χ1n) is 19.2. The molecule has 5 fully saturated rings. The van der Waals surface area contributed by atoms with Gasteiger partial charge in [0.1, 0.15) is 11.1 Å². The Hall–Kier alpha value is -4.03. The molecule has 4 saturated heterocycles. The molecule has 14 heteroatoms. The third-order valence-electron chi connectivity index (χ3n) is 12.5. The molecule has 1 saturated carbocycles. The number of piperidine rings is 1. The second kappa shape index (κ2) is 16.0. The fraction of sp³-hybridized carbons (Fsp3) is 0.575. The number of anilines is 1. The summed E-state index contributed by atoms with van der Waals surface area (Å²) >= 11 is 0. The molecule has 0 spiro atoms. The van der Waals surface area contributed by atoms with Crippen LogP contribution in [0.25, 0.3) is 0 Å². The van der Waals surface area contributed by atoms with Crippen molar-refractivity contribution in [3.63, 3.8) is 0 Å². The first kappa shape index (κ1) is 38.3. The summed E-state index contributed by atoms with van der Waals surface area (Å²) in [6, 6.07) is 15.7. The van der Waals surface area contributed by atoms with Gasteiger partial charge < -0.3 is 29.9 Å². The molecule has 2 N–H and O–H groups in total. The van der Waals surface area contributed by atoms with Crippen LogP contribution in [0.15, 0.2) is 65.6 Å². The first-order valence-corrected chi connectivity index (χ1v) is 20.8. The van der Waals surface area contributed by atoms with Gasteiger partial charge in [0.15, 0.2) is 9.84 Å². The Morgan fingerprint density at radius 3 is 2.33 bits per heavy atom. The molecule has 2 aromatic carbocycles. The van der Waals surface area contributed by atoms with Gasteiger partial charge in [0.2, 0.25) is 0 Å². The van der Waals surface area contributed by atoms with Crippen molar-refractivity contribution in [3.05, 3.63) is 72.1 Å². The highest BCUT2D eigenvalue weighted by Crippen LogP contribution is 2.50. The zero-order valence-electron chi connectivity index (χ0n) is 30.7. The lowest BCUT2D eigenvalue weighted by Gasteiger charge is -2.48. The summed E-state index contributed by atoms with van der Waals surface area (Å²) in [5, 5.41) is 22.4. The Morgan fingerprint density at radius 2 is 1.69 bits per heavy atom. The highest BCUT2D eigenvalue weighted by Gasteiger charge is 2.53. The van der Waals surface area contributed by atoms with Crippen LogP contribution in [0, 0.1) is 34.9 Å². The minimum absolute atomic E-state index is 0.0299. The SMILES string of the molecule is C=C(CN1CCOCC1)C(=O)N1CC(S(=O)(=O)c2ccc(N3CC(CN4CCC([C@@](C#N)(c5cccc(F)c5)[C@H]5CCC[C@@H]5NC(=O)O)CC4)C3)cc2)C1. The van der Waals surface area contributed by atoms with Gasteiger partial charge in [-0.2, -0.15) is 5.26 Å². The van der Waals surface area contributed by atoms with Crippen molar-refractivity contribution in [1.82, 2.24) is 20.0 Å². The van der Waals surface area contributed by atoms with Crippen molar-refractivity contribution in [2.75, 3.05) is 83.6 Å². The summed E-state index contributed by atoms with van der Waals surface area (Å²) in [6.07, 6.45) is 2.64. The average Bonchev–Trinajstić information content (AvgIpc) is 3.58. The van der Waals surface area contributed by atoms with E-state index in [1.165, 1.54) is 12.1 Å². The van der Waals surface area contributed by atoms with Gasteiger partial charge in [-0.1, -0.05) is 25.1 Å². The molecule has 0 bridgehead atoms. The third kappa shape index (κ3) is 7.74. The van der Waals surface area contributed by atoms with Gasteiger partial charge in [0.25, 0.3) is 5.91 Å². The van der Waals surface area contributed by atoms with E-state index in [1.54, 1.807) is 23.1 Å². The van der Waals surface area contributed by atoms with E-state index in [0.717, 1.165) is 70.8 Å². The summed E-state index contributed by atoms with van der Waals surface area (Å²) < 4.78 is 46.7. The smallest absolute Gasteiger partial charge is 0.404 e. The van der Waals surface area contributed by atoms with Crippen LogP contribution < -0.4 is 10.2 Å². The van der Waals surface area contributed by atoms with Gasteiger partial charge in [-0.3, -0.25) is 9.69 Å². The number of likely N-dealkylation sites (tertiary alicyclic amines) is 2. The minimum Gasteiger partial charge on any atom is -0.465 e. The molecule has 7 rings (SSSR count). The second-order valence-electron chi connectivity index (χ2n) is 15.8. The lowest BCUT2D eigenvalue weighted by atomic mass is 9.59. The average molecular weight is 763 g/mol. The number of rotatable bonds is 12. The lowest BCUT2D eigenvalue weighted by molar-refractivity contribution is -0.130. The summed E-state index contributed by atoms with van der Waals surface area (Å²) in [7, 11) is -3.58. The highest BCUT2D eigenvalue weighted by atomic mass is 32.2. The molecular weight excluding hydrogens is 712 g/mol. The van der Waals surface area contributed by atoms with E-state index in [9.17, 15) is 32.8 Å². The van der Waals surface area contributed by atoms with Gasteiger partial charge in [-0.05, 0) is 86.7 Å². The summed E-state index contributed by atoms with van der Waals surface area (Å²) in [4.78, 5) is 33.2. The largest absolute Gasteiger partial charge is 0.465 e. The number of halogens is 1. The molecule has 5 aliphatic rings. The molecule has 290 valence electrons. The van der Waals surface area contributed by atoms with Crippen molar-refractivity contribution in [2.45, 2.75) is 53.7 Å². The molecule has 0 unspecified atom stereocenters. The van der Waals surface area contributed by atoms with E-state index in [0.29, 0.717) is 49.7 Å². The zero-order chi connectivity index (χ0) is 38.0. The van der Waals surface area contributed by atoms with E-state index in [1.807, 2.05) is 18.2 Å². The van der Waals surface area contributed by atoms with Crippen LogP contribution in [0.5, 0.6) is 0 Å². The van der Waals surface area contributed by atoms with E-state index in [2.05, 4.69) is 32.7 Å². The molecule has 3 atom stereocenters. The number of nitrogens with zero attached hydrogens (tertiary/aromatic N) is 5. The van der Waals surface area contributed by atoms with Crippen LogP contribution in [0.1, 0.15) is 37.7 Å². The van der Waals surface area contributed by atoms with Crippen LogP contribution in [0.4, 0.5) is 14.9 Å². The summed E-state index contributed by atoms with van der Waals surface area (Å²) in [5.41, 5.74) is 1.11. The van der Waals surface area contributed by atoms with E-state index >= 15 is 0 Å². The first-order chi connectivity index (χ1) is 26.0. The number of sulfone groups is 1. The Balaban J connectivity index is 0.895. The van der Waals surface area contributed by atoms with Gasteiger partial charge in [0.05, 0.1) is 29.6 Å². The fourth-order valence-electron chi connectivity index (χ4n) is 9.57. The van der Waals surface area contributed by atoms with Crippen molar-refractivity contribution < 1.29 is 32.2 Å². The third-order valence-corrected chi connectivity index (χ3v) is 14.6. The molecule has 4 aliphatic heterocycles. The Morgan fingerprint density at radius 1 is 0.981 bits per heavy atom. The molecule has 0 aromatic heterocycles. The minimum atomic E-state index is -3.58. The topological polar surface area (TPSA) is 147 Å². The number of hydrogen-bond acceptors (Lipinski definition) is 9. The van der Waals surface area contributed by atoms with Crippen molar-refractivity contribution in [2.24, 2.45) is 17.8 Å². The van der Waals surface area contributed by atoms with Gasteiger partial charge in [0, 0.05) is 81.5 Å². The van der Waals surface area contributed by atoms with Crippen molar-refractivity contribution in [1.29, 1.82) is 5.26 Å². The standard InChI is InChI=1S/C40H51FN6O6S/c1-28(21-45-16-18-53-19-17-45)38(48)47-25-35(26-47)54(51,52)34-10-8-33(9-11-34)46-23-29(24-46)22-44-14-12-30(13-15-44)40(27-42,31-4-2-5-32(41)20-31)36-6-3-7-37(36)43-39(49)50/h2,4-5,8-11,20,29-30,35-37,43H,1,3,6-7,12-19,21-26H2,(H,49,50)/t36-,37-,40-/m0/s1. The van der Waals surface area contributed by atoms with Crippen LogP contribution in [-0.2, 0) is 24.8 Å². The van der Waals surface area contributed by atoms with Gasteiger partial charge in [-0.15, -0.1) is 0 Å². The van der Waals surface area contributed by atoms with E-state index in [4.69, 9.17) is 4.74 Å². The number of carbonyl (C=O) groups excluding carboxylic acids is 1. The number of benzene rings is 2. The van der Waals surface area contributed by atoms with Crippen LogP contribution in [-0.4, -0.2) is 130 Å². The number of morpholine rings is 1. The number of nitriles is 1. The zero-order valence-corrected chi connectivity index (χ0v) is 31.6. The maximum Gasteiger partial charge on any atom is 0.404 e. The fourth-order valence-corrected chi connectivity index (χ4v) is 11.2. The lowest BCUT2D eigenvalue weighted by Crippen LogP contribution is -2.57. The number of hydrogen-bond donors (Lipinski definition) is 2. The molecule has 12 nitrogen and oxygen atoms in total. The number of amides is 2. The van der Waals surface area contributed by atoms with Crippen molar-refractivity contribution in [3.8, 4) is 6.07 Å². The van der Waals surface area contributed by atoms with Crippen LogP contribution in [0.3, 0.4) is 0 Å². The molecule has 4 heterocycles. The van der Waals surface area contributed by atoms with Crippen molar-refractivity contribution >= 4 is 27.5 Å². The summed E-state index contributed by atoms with van der Waals surface area (Å²) in [6.45, 7) is 11.8. The number of nitrogens with one attached hydrogen (secondary N) is 1. The Labute approximate surface area is 317 Å². The van der Waals surface area contributed by atoms with E-state index in [-0.39, 0.29) is 41.8 Å². The molecular formula is C40H51FN6O6S. The molecule has 2 aromatic rings. The highest BCUT2D eigenvalue weighted by molar-refractivity contribution is 7.92. The maximum atomic E-state index is 14.6. The monoisotopic (exact) mass is 762 g/mol. The predicted molar refractivity (Wildman–Crippen MR) is 201 cm³/mol. The maximum absolute atomic E-state index is 14.6. The van der Waals surface area contributed by atoms with Gasteiger partial charge in [-0.25, -0.2) is 17.6 Å². The quantitative estimate of drug-likeness (QED) is 0.307. The Kier molecular flexibility index (Phi) is 11.3. The van der Waals surface area contributed by atoms with Gasteiger partial charge >= 0.3 is 6.09 Å². The van der Waals surface area contributed by atoms with Crippen LogP contribution >= 0.6 is 0 Å². The number of carbonyl (C=O) groups is 2. The Bertz CT molecular complexity index is 1850.